The number of aromatic nitrogens is 1. The van der Waals surface area contributed by atoms with E-state index in [1.807, 2.05) is 55.5 Å². The Hall–Kier alpha value is -2.77. The number of aryl methyl sites for hydroxylation is 1. The topological polar surface area (TPSA) is 59.5 Å². The van der Waals surface area contributed by atoms with E-state index >= 15 is 0 Å². The Kier molecular flexibility index (Phi) is 6.17. The fourth-order valence-electron chi connectivity index (χ4n) is 2.89. The van der Waals surface area contributed by atoms with Crippen molar-refractivity contribution in [3.63, 3.8) is 0 Å². The van der Waals surface area contributed by atoms with Gasteiger partial charge < -0.3 is 13.7 Å². The molecule has 0 N–H and O–H groups in total. The van der Waals surface area contributed by atoms with Gasteiger partial charge in [0.15, 0.2) is 0 Å². The summed E-state index contributed by atoms with van der Waals surface area (Å²) in [6.45, 7) is 2.77. The average molecular weight is 425 g/mol. The first-order chi connectivity index (χ1) is 14.2. The summed E-state index contributed by atoms with van der Waals surface area (Å²) in [6, 6.07) is 15.1. The van der Waals surface area contributed by atoms with E-state index in [9.17, 15) is 4.79 Å². The minimum Gasteiger partial charge on any atom is -0.467 e. The number of thioether (sulfide) groups is 1. The molecule has 4 aromatic rings. The molecule has 0 aliphatic heterocycles. The summed E-state index contributed by atoms with van der Waals surface area (Å²) in [4.78, 5) is 20.4. The first-order valence-electron chi connectivity index (χ1n) is 9.15. The normalized spacial score (nSPS) is 10.9. The molecule has 3 aromatic heterocycles. The van der Waals surface area contributed by atoms with Gasteiger partial charge in [-0.2, -0.15) is 0 Å². The van der Waals surface area contributed by atoms with Gasteiger partial charge in [0.05, 0.1) is 36.3 Å². The second-order valence-corrected chi connectivity index (χ2v) is 8.60. The minimum absolute atomic E-state index is 0.0653. The number of thiazole rings is 1. The number of rotatable bonds is 8. The number of carbonyl (C=O) groups excluding carboxylic acids is 1. The summed E-state index contributed by atoms with van der Waals surface area (Å²) in [5, 5.41) is 3.16. The molecule has 0 unspecified atom stereocenters. The maximum atomic E-state index is 13.1. The summed E-state index contributed by atoms with van der Waals surface area (Å²) in [7, 11) is 0. The number of nitrogens with zero attached hydrogens (tertiary/aromatic N) is 2. The molecular weight excluding hydrogens is 404 g/mol. The van der Waals surface area contributed by atoms with Crippen LogP contribution in [0.2, 0.25) is 0 Å². The molecule has 0 atom stereocenters. The van der Waals surface area contributed by atoms with Crippen LogP contribution < -0.4 is 0 Å². The van der Waals surface area contributed by atoms with Crippen LogP contribution in [0.3, 0.4) is 0 Å². The molecule has 29 heavy (non-hydrogen) atoms. The summed E-state index contributed by atoms with van der Waals surface area (Å²) in [6.07, 6.45) is 3.22. The Bertz CT molecular complexity index is 1000. The fourth-order valence-corrected chi connectivity index (χ4v) is 4.40. The third-order valence-corrected chi connectivity index (χ3v) is 6.16. The summed E-state index contributed by atoms with van der Waals surface area (Å²) < 4.78 is 10.9. The zero-order valence-electron chi connectivity index (χ0n) is 15.9. The van der Waals surface area contributed by atoms with E-state index in [1.54, 1.807) is 40.5 Å². The van der Waals surface area contributed by atoms with Gasteiger partial charge in [0.2, 0.25) is 0 Å². The van der Waals surface area contributed by atoms with Crippen LogP contribution in [-0.4, -0.2) is 15.8 Å². The van der Waals surface area contributed by atoms with E-state index in [0.717, 1.165) is 32.9 Å². The zero-order valence-corrected chi connectivity index (χ0v) is 17.5. The molecule has 0 fully saturated rings. The predicted molar refractivity (Wildman–Crippen MR) is 114 cm³/mol. The van der Waals surface area contributed by atoms with Crippen molar-refractivity contribution in [2.75, 3.05) is 0 Å². The molecule has 5 nitrogen and oxygen atoms in total. The van der Waals surface area contributed by atoms with Gasteiger partial charge in [0, 0.05) is 21.6 Å². The van der Waals surface area contributed by atoms with Crippen LogP contribution in [0.5, 0.6) is 0 Å². The third-order valence-electron chi connectivity index (χ3n) is 4.30. The molecule has 0 aliphatic carbocycles. The monoisotopic (exact) mass is 424 g/mol. The van der Waals surface area contributed by atoms with Crippen LogP contribution in [-0.2, 0) is 18.8 Å². The van der Waals surface area contributed by atoms with E-state index in [4.69, 9.17) is 8.83 Å². The fraction of sp³-hybridized carbons (Fsp3) is 0.182. The molecule has 0 aliphatic rings. The molecular formula is C22H20N2O3S2. The smallest absolute Gasteiger partial charge is 0.254 e. The molecule has 148 valence electrons. The van der Waals surface area contributed by atoms with Crippen LogP contribution in [0, 0.1) is 6.92 Å². The molecule has 1 aromatic carbocycles. The van der Waals surface area contributed by atoms with Crippen LogP contribution in [0.15, 0.2) is 80.2 Å². The molecule has 0 radical (unpaired) electrons. The maximum Gasteiger partial charge on any atom is 0.254 e. The van der Waals surface area contributed by atoms with Gasteiger partial charge in [0.1, 0.15) is 11.5 Å². The van der Waals surface area contributed by atoms with E-state index in [1.165, 1.54) is 0 Å². The molecule has 4 rings (SSSR count). The van der Waals surface area contributed by atoms with Crippen LogP contribution in [0.25, 0.3) is 0 Å². The molecule has 0 spiro atoms. The average Bonchev–Trinajstić information content (AvgIpc) is 3.50. The number of amides is 1. The highest BCUT2D eigenvalue weighted by molar-refractivity contribution is 7.98. The molecule has 0 saturated heterocycles. The van der Waals surface area contributed by atoms with Crippen molar-refractivity contribution in [3.05, 3.63) is 94.2 Å². The van der Waals surface area contributed by atoms with Crippen molar-refractivity contribution in [2.45, 2.75) is 30.7 Å². The maximum absolute atomic E-state index is 13.1. The van der Waals surface area contributed by atoms with Crippen LogP contribution >= 0.6 is 23.1 Å². The van der Waals surface area contributed by atoms with Crippen LogP contribution in [0.1, 0.15) is 32.6 Å². The highest BCUT2D eigenvalue weighted by Gasteiger charge is 2.19. The Morgan fingerprint density at radius 3 is 2.21 bits per heavy atom. The second kappa shape index (κ2) is 9.15. The predicted octanol–water partition coefficient (Wildman–Crippen LogP) is 5.77. The Labute approximate surface area is 177 Å². The quantitative estimate of drug-likeness (QED) is 0.336. The van der Waals surface area contributed by atoms with E-state index < -0.39 is 0 Å². The van der Waals surface area contributed by atoms with Gasteiger partial charge in [-0.1, -0.05) is 0 Å². The van der Waals surface area contributed by atoms with E-state index in [0.29, 0.717) is 18.7 Å². The summed E-state index contributed by atoms with van der Waals surface area (Å²) in [5.74, 6) is 2.22. The van der Waals surface area contributed by atoms with E-state index in [2.05, 4.69) is 10.4 Å². The molecule has 0 bridgehead atoms. The Morgan fingerprint density at radius 2 is 1.69 bits per heavy atom. The van der Waals surface area contributed by atoms with E-state index in [-0.39, 0.29) is 5.91 Å². The lowest BCUT2D eigenvalue weighted by Gasteiger charge is -2.21. The molecule has 3 heterocycles. The van der Waals surface area contributed by atoms with Crippen molar-refractivity contribution in [2.24, 2.45) is 0 Å². The van der Waals surface area contributed by atoms with Crippen molar-refractivity contribution in [1.82, 2.24) is 9.88 Å². The van der Waals surface area contributed by atoms with Gasteiger partial charge in [-0.05, 0) is 55.5 Å². The van der Waals surface area contributed by atoms with Gasteiger partial charge in [0.25, 0.3) is 5.91 Å². The molecule has 0 saturated carbocycles. The van der Waals surface area contributed by atoms with Gasteiger partial charge in [-0.15, -0.1) is 23.1 Å². The Morgan fingerprint density at radius 1 is 1.03 bits per heavy atom. The molecule has 1 amide bonds. The van der Waals surface area contributed by atoms with Gasteiger partial charge in [-0.3, -0.25) is 4.79 Å². The van der Waals surface area contributed by atoms with Crippen molar-refractivity contribution < 1.29 is 13.6 Å². The third kappa shape index (κ3) is 5.19. The summed E-state index contributed by atoms with van der Waals surface area (Å²) >= 11 is 3.37. The highest BCUT2D eigenvalue weighted by Crippen LogP contribution is 2.24. The largest absolute Gasteiger partial charge is 0.467 e. The number of benzene rings is 1. The number of hydrogen-bond acceptors (Lipinski definition) is 6. The standard InChI is InChI=1S/C22H20N2O3S2/c1-16-23-18(14-28-16)15-29-21-8-6-17(7-9-21)22(25)24(12-19-4-2-10-26-19)13-20-5-3-11-27-20/h2-11,14H,12-13,15H2,1H3. The number of hydrogen-bond donors (Lipinski definition) is 0. The lowest BCUT2D eigenvalue weighted by Crippen LogP contribution is -2.29. The van der Waals surface area contributed by atoms with Crippen LogP contribution in [0.4, 0.5) is 0 Å². The zero-order chi connectivity index (χ0) is 20.1. The highest BCUT2D eigenvalue weighted by atomic mass is 32.2. The second-order valence-electron chi connectivity index (χ2n) is 6.49. The van der Waals surface area contributed by atoms with Gasteiger partial charge >= 0.3 is 0 Å². The lowest BCUT2D eigenvalue weighted by atomic mass is 10.2. The minimum atomic E-state index is -0.0653. The van der Waals surface area contributed by atoms with Crippen molar-refractivity contribution in [1.29, 1.82) is 0 Å². The summed E-state index contributed by atoms with van der Waals surface area (Å²) in [5.41, 5.74) is 1.72. The van der Waals surface area contributed by atoms with Crippen molar-refractivity contribution in [3.8, 4) is 0 Å². The number of furan rings is 2. The van der Waals surface area contributed by atoms with Crippen molar-refractivity contribution >= 4 is 29.0 Å². The first-order valence-corrected chi connectivity index (χ1v) is 11.0. The first kappa shape index (κ1) is 19.5. The SMILES string of the molecule is Cc1nc(CSc2ccc(C(=O)N(Cc3ccco3)Cc3ccco3)cc2)cs1. The molecule has 7 heteroatoms. The Balaban J connectivity index is 1.44. The van der Waals surface area contributed by atoms with Gasteiger partial charge in [-0.25, -0.2) is 4.98 Å². The number of carbonyl (C=O) groups is 1. The lowest BCUT2D eigenvalue weighted by molar-refractivity contribution is 0.0705.